The number of carboxylic acids is 1. The molecule has 2 aromatic carbocycles. The second-order valence-corrected chi connectivity index (χ2v) is 8.18. The molecule has 0 aliphatic rings. The Bertz CT molecular complexity index is 1230. The summed E-state index contributed by atoms with van der Waals surface area (Å²) in [6, 6.07) is 19.1. The van der Waals surface area contributed by atoms with Gasteiger partial charge in [0.25, 0.3) is 0 Å². The first-order valence-corrected chi connectivity index (χ1v) is 11.1. The molecule has 4 aromatic rings. The van der Waals surface area contributed by atoms with Gasteiger partial charge in [-0.2, -0.15) is 0 Å². The van der Waals surface area contributed by atoms with Gasteiger partial charge in [-0.1, -0.05) is 6.07 Å². The monoisotopic (exact) mass is 494 g/mol. The molecular formula is C25H26N4O5S. The lowest BCUT2D eigenvalue weighted by atomic mass is 10.2. The first-order chi connectivity index (χ1) is 16.7. The molecule has 9 nitrogen and oxygen atoms in total. The van der Waals surface area contributed by atoms with Crippen molar-refractivity contribution >= 4 is 46.2 Å². The van der Waals surface area contributed by atoms with Crippen molar-refractivity contribution in [2.24, 2.45) is 5.73 Å². The number of nitrogen functional groups attached to an aromatic ring is 2. The SMILES string of the molecule is Cc1ccoc1C(=O)O.NC(=O)c1ccc(N)cc1.Nc1ccc(NC(=O)Cc2cccs2)cc1. The summed E-state index contributed by atoms with van der Waals surface area (Å²) >= 11 is 1.58. The van der Waals surface area contributed by atoms with E-state index in [1.807, 2.05) is 17.5 Å². The van der Waals surface area contributed by atoms with Crippen LogP contribution in [0.15, 0.2) is 82.8 Å². The van der Waals surface area contributed by atoms with Gasteiger partial charge < -0.3 is 32.0 Å². The largest absolute Gasteiger partial charge is 0.475 e. The first-order valence-electron chi connectivity index (χ1n) is 10.3. The van der Waals surface area contributed by atoms with Crippen molar-refractivity contribution in [3.63, 3.8) is 0 Å². The third kappa shape index (κ3) is 9.44. The van der Waals surface area contributed by atoms with Crippen molar-refractivity contribution in [3.05, 3.63) is 100 Å². The summed E-state index contributed by atoms with van der Waals surface area (Å²) < 4.78 is 4.63. The Morgan fingerprint density at radius 3 is 1.97 bits per heavy atom. The molecule has 4 rings (SSSR count). The average Bonchev–Trinajstić information content (AvgIpc) is 3.48. The molecule has 0 bridgehead atoms. The molecule has 0 saturated carbocycles. The Morgan fingerprint density at radius 1 is 0.943 bits per heavy atom. The number of nitrogens with two attached hydrogens (primary N) is 3. The Labute approximate surface area is 206 Å². The van der Waals surface area contributed by atoms with Crippen LogP contribution in [0.1, 0.15) is 31.4 Å². The van der Waals surface area contributed by atoms with E-state index < -0.39 is 11.9 Å². The van der Waals surface area contributed by atoms with Gasteiger partial charge in [0.15, 0.2) is 0 Å². The topological polar surface area (TPSA) is 175 Å². The van der Waals surface area contributed by atoms with Crippen LogP contribution in [0.5, 0.6) is 0 Å². The predicted octanol–water partition coefficient (Wildman–Crippen LogP) is 4.17. The van der Waals surface area contributed by atoms with Gasteiger partial charge in [-0.25, -0.2) is 4.79 Å². The molecule has 0 fully saturated rings. The standard InChI is InChI=1S/C12H12N2OS.C7H8N2O.C6H6O3/c13-9-3-5-10(6-4-9)14-12(15)8-11-2-1-7-16-11;8-6-3-1-5(2-4-6)7(9)10;1-4-2-3-9-5(4)6(7)8/h1-7H,8,13H2,(H,14,15);1-4H,8H2,(H2,9,10);2-3H,1H3,(H,7,8). The van der Waals surface area contributed by atoms with Crippen LogP contribution in [-0.2, 0) is 11.2 Å². The molecule has 0 unspecified atom stereocenters. The number of nitrogens with one attached hydrogen (secondary N) is 1. The molecule has 8 N–H and O–H groups in total. The van der Waals surface area contributed by atoms with Gasteiger partial charge >= 0.3 is 5.97 Å². The van der Waals surface area contributed by atoms with E-state index in [2.05, 4.69) is 9.73 Å². The number of hydrogen-bond acceptors (Lipinski definition) is 7. The maximum Gasteiger partial charge on any atom is 0.372 e. The number of benzene rings is 2. The van der Waals surface area contributed by atoms with Crippen molar-refractivity contribution in [3.8, 4) is 0 Å². The summed E-state index contributed by atoms with van der Waals surface area (Å²) in [6.07, 6.45) is 1.78. The minimum absolute atomic E-state index is 0.00720. The smallest absolute Gasteiger partial charge is 0.372 e. The summed E-state index contributed by atoms with van der Waals surface area (Å²) in [6.45, 7) is 1.69. The number of hydrogen-bond donors (Lipinski definition) is 5. The molecule has 0 radical (unpaired) electrons. The number of aromatic carboxylic acids is 1. The normalized spacial score (nSPS) is 9.63. The van der Waals surface area contributed by atoms with Crippen LogP contribution in [0.25, 0.3) is 0 Å². The average molecular weight is 495 g/mol. The quantitative estimate of drug-likeness (QED) is 0.259. The fourth-order valence-electron chi connectivity index (χ4n) is 2.58. The molecule has 2 amide bonds. The Hall–Kier alpha value is -4.57. The lowest BCUT2D eigenvalue weighted by molar-refractivity contribution is -0.115. The van der Waals surface area contributed by atoms with Crippen molar-refractivity contribution in [2.75, 3.05) is 16.8 Å². The molecule has 10 heteroatoms. The van der Waals surface area contributed by atoms with E-state index in [1.54, 1.807) is 72.9 Å². The Balaban J connectivity index is 0.000000197. The zero-order chi connectivity index (χ0) is 25.8. The third-order valence-electron chi connectivity index (χ3n) is 4.36. The summed E-state index contributed by atoms with van der Waals surface area (Å²) in [4.78, 5) is 33.4. The second kappa shape index (κ2) is 13.2. The van der Waals surface area contributed by atoms with Crippen LogP contribution in [0.4, 0.5) is 17.1 Å². The maximum absolute atomic E-state index is 11.6. The lowest BCUT2D eigenvalue weighted by Crippen LogP contribution is -2.13. The van der Waals surface area contributed by atoms with Gasteiger partial charge in [0.1, 0.15) is 0 Å². The van der Waals surface area contributed by atoms with E-state index in [0.29, 0.717) is 28.9 Å². The van der Waals surface area contributed by atoms with E-state index in [0.717, 1.165) is 10.6 Å². The molecule has 0 saturated heterocycles. The molecule has 0 aliphatic carbocycles. The molecule has 35 heavy (non-hydrogen) atoms. The van der Waals surface area contributed by atoms with Crippen LogP contribution < -0.4 is 22.5 Å². The van der Waals surface area contributed by atoms with Crippen LogP contribution in [0.2, 0.25) is 0 Å². The number of amides is 2. The maximum atomic E-state index is 11.6. The molecule has 2 heterocycles. The minimum atomic E-state index is -1.02. The minimum Gasteiger partial charge on any atom is -0.475 e. The predicted molar refractivity (Wildman–Crippen MR) is 137 cm³/mol. The number of carboxylic acid groups (broad SMARTS) is 1. The zero-order valence-corrected chi connectivity index (χ0v) is 19.7. The summed E-state index contributed by atoms with van der Waals surface area (Å²) in [5, 5.41) is 13.1. The molecule has 0 atom stereocenters. The van der Waals surface area contributed by atoms with E-state index in [-0.39, 0.29) is 11.7 Å². The first kappa shape index (κ1) is 26.7. The second-order valence-electron chi connectivity index (χ2n) is 7.15. The van der Waals surface area contributed by atoms with Crippen LogP contribution in [0.3, 0.4) is 0 Å². The lowest BCUT2D eigenvalue weighted by Gasteiger charge is -2.04. The highest BCUT2D eigenvalue weighted by Gasteiger charge is 2.08. The summed E-state index contributed by atoms with van der Waals surface area (Å²) in [5.41, 5.74) is 19.1. The number of anilines is 3. The van der Waals surface area contributed by atoms with Crippen molar-refractivity contribution in [2.45, 2.75) is 13.3 Å². The van der Waals surface area contributed by atoms with Gasteiger partial charge in [0.2, 0.25) is 17.6 Å². The van der Waals surface area contributed by atoms with Crippen molar-refractivity contribution in [1.82, 2.24) is 0 Å². The van der Waals surface area contributed by atoms with Crippen LogP contribution in [-0.4, -0.2) is 22.9 Å². The highest BCUT2D eigenvalue weighted by Crippen LogP contribution is 2.13. The fourth-order valence-corrected chi connectivity index (χ4v) is 3.29. The molecule has 0 aliphatic heterocycles. The molecular weight excluding hydrogens is 468 g/mol. The number of primary amides is 1. The van der Waals surface area contributed by atoms with Crippen molar-refractivity contribution in [1.29, 1.82) is 0 Å². The van der Waals surface area contributed by atoms with E-state index >= 15 is 0 Å². The number of thiophene rings is 1. The van der Waals surface area contributed by atoms with Gasteiger partial charge in [0, 0.05) is 33.1 Å². The van der Waals surface area contributed by atoms with E-state index in [1.165, 1.54) is 6.26 Å². The Morgan fingerprint density at radius 2 is 1.54 bits per heavy atom. The van der Waals surface area contributed by atoms with E-state index in [9.17, 15) is 14.4 Å². The summed E-state index contributed by atoms with van der Waals surface area (Å²) in [7, 11) is 0. The number of carbonyl (C=O) groups is 3. The van der Waals surface area contributed by atoms with Crippen LogP contribution >= 0.6 is 11.3 Å². The highest BCUT2D eigenvalue weighted by molar-refractivity contribution is 7.10. The van der Waals surface area contributed by atoms with E-state index in [4.69, 9.17) is 22.3 Å². The van der Waals surface area contributed by atoms with Crippen LogP contribution in [0, 0.1) is 6.92 Å². The number of rotatable bonds is 5. The highest BCUT2D eigenvalue weighted by atomic mass is 32.1. The third-order valence-corrected chi connectivity index (χ3v) is 5.24. The Kier molecular flexibility index (Phi) is 10.1. The molecule has 182 valence electrons. The number of furan rings is 1. The van der Waals surface area contributed by atoms with Gasteiger partial charge in [0.05, 0.1) is 12.7 Å². The number of carbonyl (C=O) groups excluding carboxylic acids is 2. The number of aryl methyl sites for hydroxylation is 1. The van der Waals surface area contributed by atoms with Gasteiger partial charge in [-0.15, -0.1) is 11.3 Å². The zero-order valence-electron chi connectivity index (χ0n) is 18.9. The molecule has 0 spiro atoms. The summed E-state index contributed by atoms with van der Waals surface area (Å²) in [5.74, 6) is -1.43. The van der Waals surface area contributed by atoms with Gasteiger partial charge in [-0.05, 0) is 73.0 Å². The van der Waals surface area contributed by atoms with Gasteiger partial charge in [-0.3, -0.25) is 9.59 Å². The van der Waals surface area contributed by atoms with Crippen molar-refractivity contribution < 1.29 is 23.9 Å². The molecule has 2 aromatic heterocycles. The fraction of sp³-hybridized carbons (Fsp3) is 0.0800.